The Bertz CT molecular complexity index is 877. The summed E-state index contributed by atoms with van der Waals surface area (Å²) in [6, 6.07) is 6.48. The molecule has 2 heterocycles. The van der Waals surface area contributed by atoms with Crippen LogP contribution in [-0.2, 0) is 11.3 Å². The summed E-state index contributed by atoms with van der Waals surface area (Å²) < 4.78 is 0. The third-order valence-corrected chi connectivity index (χ3v) is 5.85. The number of nitrogens with zero attached hydrogens (tertiary/aromatic N) is 2. The Morgan fingerprint density at radius 1 is 1.23 bits per heavy atom. The van der Waals surface area contributed by atoms with E-state index in [1.54, 1.807) is 13.8 Å². The number of amides is 3. The number of aromatic nitrogens is 1. The van der Waals surface area contributed by atoms with Crippen molar-refractivity contribution in [1.29, 1.82) is 0 Å². The first-order valence-corrected chi connectivity index (χ1v) is 9.16. The summed E-state index contributed by atoms with van der Waals surface area (Å²) in [5.74, 6) is 0.395. The number of H-pyrrole nitrogens is 1. The molecule has 4 rings (SSSR count). The van der Waals surface area contributed by atoms with E-state index in [2.05, 4.69) is 41.6 Å². The van der Waals surface area contributed by atoms with Gasteiger partial charge in [0.1, 0.15) is 5.54 Å². The molecular weight excluding hydrogens is 328 g/mol. The predicted octanol–water partition coefficient (Wildman–Crippen LogP) is 2.81. The number of nitrogens with one attached hydrogen (secondary N) is 2. The maximum absolute atomic E-state index is 12.4. The number of fused-ring (bicyclic) bond motifs is 1. The van der Waals surface area contributed by atoms with E-state index in [0.717, 1.165) is 11.1 Å². The summed E-state index contributed by atoms with van der Waals surface area (Å²) in [7, 11) is 4.27. The van der Waals surface area contributed by atoms with Crippen LogP contribution in [0.2, 0.25) is 0 Å². The predicted molar refractivity (Wildman–Crippen MR) is 101 cm³/mol. The summed E-state index contributed by atoms with van der Waals surface area (Å²) in [5.41, 5.74) is 2.60. The van der Waals surface area contributed by atoms with Crippen LogP contribution >= 0.6 is 0 Å². The van der Waals surface area contributed by atoms with Gasteiger partial charge in [0.2, 0.25) is 0 Å². The monoisotopic (exact) mass is 354 g/mol. The Kier molecular flexibility index (Phi) is 3.84. The van der Waals surface area contributed by atoms with Gasteiger partial charge in [-0.2, -0.15) is 0 Å². The van der Waals surface area contributed by atoms with Gasteiger partial charge in [0.05, 0.1) is 6.54 Å². The minimum Gasteiger partial charge on any atom is -0.361 e. The molecule has 1 saturated carbocycles. The smallest absolute Gasteiger partial charge is 0.325 e. The van der Waals surface area contributed by atoms with Crippen LogP contribution in [0.4, 0.5) is 4.79 Å². The van der Waals surface area contributed by atoms with Crippen LogP contribution < -0.4 is 5.32 Å². The van der Waals surface area contributed by atoms with Crippen molar-refractivity contribution in [2.75, 3.05) is 14.1 Å². The van der Waals surface area contributed by atoms with Crippen LogP contribution in [0.25, 0.3) is 10.9 Å². The molecule has 0 spiro atoms. The van der Waals surface area contributed by atoms with Crippen LogP contribution in [0, 0.1) is 0 Å². The number of hydrogen-bond acceptors (Lipinski definition) is 3. The molecule has 2 fully saturated rings. The number of imide groups is 1. The second-order valence-corrected chi connectivity index (χ2v) is 8.36. The molecule has 1 aliphatic heterocycles. The van der Waals surface area contributed by atoms with Gasteiger partial charge in [0.25, 0.3) is 5.91 Å². The summed E-state index contributed by atoms with van der Waals surface area (Å²) >= 11 is 0. The van der Waals surface area contributed by atoms with E-state index in [9.17, 15) is 9.59 Å². The second-order valence-electron chi connectivity index (χ2n) is 8.36. The molecule has 1 aromatic carbocycles. The van der Waals surface area contributed by atoms with Crippen molar-refractivity contribution in [3.8, 4) is 0 Å². The largest absolute Gasteiger partial charge is 0.361 e. The maximum atomic E-state index is 12.4. The average molecular weight is 354 g/mol. The Labute approximate surface area is 153 Å². The van der Waals surface area contributed by atoms with Gasteiger partial charge in [-0.15, -0.1) is 0 Å². The molecular formula is C20H26N4O2. The summed E-state index contributed by atoms with van der Waals surface area (Å²) in [4.78, 5) is 31.5. The Morgan fingerprint density at radius 3 is 2.58 bits per heavy atom. The lowest BCUT2D eigenvalue weighted by Crippen LogP contribution is -2.40. The van der Waals surface area contributed by atoms with E-state index in [1.807, 2.05) is 12.1 Å². The normalized spacial score (nSPS) is 25.0. The average Bonchev–Trinajstić information content (AvgIpc) is 3.00. The van der Waals surface area contributed by atoms with E-state index in [0.29, 0.717) is 18.5 Å². The van der Waals surface area contributed by atoms with Crippen molar-refractivity contribution in [3.63, 3.8) is 0 Å². The zero-order valence-corrected chi connectivity index (χ0v) is 15.8. The molecule has 1 aromatic heterocycles. The molecule has 6 heteroatoms. The fourth-order valence-electron chi connectivity index (χ4n) is 4.03. The molecule has 138 valence electrons. The molecule has 0 bridgehead atoms. The zero-order chi connectivity index (χ0) is 18.6. The molecule has 26 heavy (non-hydrogen) atoms. The highest BCUT2D eigenvalue weighted by molar-refractivity contribution is 6.06. The van der Waals surface area contributed by atoms with Gasteiger partial charge in [-0.3, -0.25) is 9.69 Å². The highest BCUT2D eigenvalue weighted by Crippen LogP contribution is 2.42. The lowest BCUT2D eigenvalue weighted by molar-refractivity contribution is -0.130. The molecule has 2 aliphatic rings. The SMILES string of the molecule is CN(C)[C@H]1C[C@H](c2c[nH]c3ccc(CN4C(=O)NC(C)(C)C4=O)cc32)C1. The van der Waals surface area contributed by atoms with E-state index >= 15 is 0 Å². The van der Waals surface area contributed by atoms with Crippen molar-refractivity contribution in [2.24, 2.45) is 0 Å². The quantitative estimate of drug-likeness (QED) is 0.830. The molecule has 3 amide bonds. The van der Waals surface area contributed by atoms with Crippen molar-refractivity contribution in [1.82, 2.24) is 20.1 Å². The molecule has 0 radical (unpaired) electrons. The standard InChI is InChI=1S/C20H26N4O2/c1-20(2)18(25)24(19(26)22-20)11-12-5-6-17-15(7-12)16(10-21-17)13-8-14(9-13)23(3)4/h5-7,10,13-14,21H,8-9,11H2,1-4H3,(H,22,26)/t13-,14-. The topological polar surface area (TPSA) is 68.4 Å². The fraction of sp³-hybridized carbons (Fsp3) is 0.500. The van der Waals surface area contributed by atoms with E-state index in [-0.39, 0.29) is 11.9 Å². The Balaban J connectivity index is 1.57. The lowest BCUT2D eigenvalue weighted by Gasteiger charge is -2.39. The van der Waals surface area contributed by atoms with Gasteiger partial charge >= 0.3 is 6.03 Å². The fourth-order valence-corrected chi connectivity index (χ4v) is 4.03. The number of benzene rings is 1. The van der Waals surface area contributed by atoms with Gasteiger partial charge in [-0.1, -0.05) is 6.07 Å². The van der Waals surface area contributed by atoms with Crippen LogP contribution in [-0.4, -0.2) is 52.4 Å². The first-order chi connectivity index (χ1) is 12.3. The van der Waals surface area contributed by atoms with Gasteiger partial charge in [-0.05, 0) is 70.0 Å². The second kappa shape index (κ2) is 5.84. The van der Waals surface area contributed by atoms with Crippen molar-refractivity contribution >= 4 is 22.8 Å². The number of carbonyl (C=O) groups is 2. The highest BCUT2D eigenvalue weighted by Gasteiger charge is 2.44. The van der Waals surface area contributed by atoms with Crippen LogP contribution in [0.1, 0.15) is 43.7 Å². The minimum absolute atomic E-state index is 0.176. The Hall–Kier alpha value is -2.34. The summed E-state index contributed by atoms with van der Waals surface area (Å²) in [6.07, 6.45) is 4.46. The summed E-state index contributed by atoms with van der Waals surface area (Å²) in [5, 5.41) is 3.94. The molecule has 1 saturated heterocycles. The van der Waals surface area contributed by atoms with E-state index in [1.165, 1.54) is 28.7 Å². The minimum atomic E-state index is -0.826. The molecule has 1 aliphatic carbocycles. The van der Waals surface area contributed by atoms with Crippen LogP contribution in [0.3, 0.4) is 0 Å². The maximum Gasteiger partial charge on any atom is 0.325 e. The van der Waals surface area contributed by atoms with Crippen LogP contribution in [0.15, 0.2) is 24.4 Å². The van der Waals surface area contributed by atoms with Gasteiger partial charge in [0.15, 0.2) is 0 Å². The molecule has 0 atom stereocenters. The number of rotatable bonds is 4. The number of aromatic amines is 1. The van der Waals surface area contributed by atoms with E-state index < -0.39 is 5.54 Å². The first kappa shape index (κ1) is 17.1. The molecule has 0 unspecified atom stereocenters. The molecule has 2 N–H and O–H groups in total. The van der Waals surface area contributed by atoms with Gasteiger partial charge in [-0.25, -0.2) is 4.79 Å². The van der Waals surface area contributed by atoms with Crippen LogP contribution in [0.5, 0.6) is 0 Å². The highest BCUT2D eigenvalue weighted by atomic mass is 16.2. The van der Waals surface area contributed by atoms with Crippen molar-refractivity contribution < 1.29 is 9.59 Å². The van der Waals surface area contributed by atoms with Gasteiger partial charge in [0, 0.05) is 23.1 Å². The summed E-state index contributed by atoms with van der Waals surface area (Å²) in [6.45, 7) is 3.77. The molecule has 2 aromatic rings. The molecule has 6 nitrogen and oxygen atoms in total. The number of carbonyl (C=O) groups excluding carboxylic acids is 2. The van der Waals surface area contributed by atoms with Gasteiger partial charge < -0.3 is 15.2 Å². The third-order valence-electron chi connectivity index (χ3n) is 5.85. The lowest BCUT2D eigenvalue weighted by atomic mass is 9.75. The van der Waals surface area contributed by atoms with Crippen molar-refractivity contribution in [2.45, 2.75) is 50.7 Å². The first-order valence-electron chi connectivity index (χ1n) is 9.16. The zero-order valence-electron chi connectivity index (χ0n) is 15.8. The Morgan fingerprint density at radius 2 is 1.96 bits per heavy atom. The van der Waals surface area contributed by atoms with Crippen molar-refractivity contribution in [3.05, 3.63) is 35.5 Å². The van der Waals surface area contributed by atoms with E-state index in [4.69, 9.17) is 0 Å². The third kappa shape index (κ3) is 2.69. The number of hydrogen-bond donors (Lipinski definition) is 2. The number of urea groups is 1.